The van der Waals surface area contributed by atoms with Crippen LogP contribution in [-0.4, -0.2) is 59.3 Å². The first-order valence-corrected chi connectivity index (χ1v) is 12.2. The predicted octanol–water partition coefficient (Wildman–Crippen LogP) is 2.34. The van der Waals surface area contributed by atoms with Crippen LogP contribution >= 0.6 is 0 Å². The second kappa shape index (κ2) is 8.65. The molecule has 31 heavy (non-hydrogen) atoms. The van der Waals surface area contributed by atoms with Gasteiger partial charge in [0.25, 0.3) is 5.56 Å². The average molecular weight is 458 g/mol. The summed E-state index contributed by atoms with van der Waals surface area (Å²) >= 11 is 0. The van der Waals surface area contributed by atoms with Gasteiger partial charge in [0.2, 0.25) is 16.0 Å². The van der Waals surface area contributed by atoms with Crippen LogP contribution in [0.3, 0.4) is 0 Å². The van der Waals surface area contributed by atoms with Gasteiger partial charge in [-0.1, -0.05) is 12.8 Å². The highest BCUT2D eigenvalue weighted by molar-refractivity contribution is 7.88. The standard InChI is InChI=1S/C19H25F2N5O4S/c1-31(28,29)25-8-6-13(7-9-25)23-19-22-11-12-10-15(30-18(20)21)17(27)26(16(12)24-19)14-4-2-3-5-14/h10-11,13-14,18H,2-9H2,1H3,(H,22,23,24). The summed E-state index contributed by atoms with van der Waals surface area (Å²) < 4.78 is 56.3. The van der Waals surface area contributed by atoms with Gasteiger partial charge in [-0.2, -0.15) is 13.8 Å². The Kier molecular flexibility index (Phi) is 6.11. The minimum absolute atomic E-state index is 0.0106. The number of nitrogens with one attached hydrogen (secondary N) is 1. The smallest absolute Gasteiger partial charge is 0.387 e. The molecule has 2 aromatic rings. The van der Waals surface area contributed by atoms with E-state index in [1.165, 1.54) is 27.4 Å². The third-order valence-electron chi connectivity index (χ3n) is 5.90. The zero-order valence-corrected chi connectivity index (χ0v) is 17.9. The Labute approximate surface area is 178 Å². The average Bonchev–Trinajstić information content (AvgIpc) is 3.22. The van der Waals surface area contributed by atoms with Crippen molar-refractivity contribution in [2.45, 2.75) is 57.2 Å². The van der Waals surface area contributed by atoms with Crippen LogP contribution in [-0.2, 0) is 10.0 Å². The fraction of sp³-hybridized carbons (Fsp3) is 0.632. The van der Waals surface area contributed by atoms with Gasteiger partial charge in [-0.3, -0.25) is 9.36 Å². The van der Waals surface area contributed by atoms with E-state index < -0.39 is 27.9 Å². The maximum atomic E-state index is 12.9. The number of ether oxygens (including phenoxy) is 1. The minimum atomic E-state index is -3.21. The summed E-state index contributed by atoms with van der Waals surface area (Å²) in [5.74, 6) is -0.0918. The molecule has 2 aliphatic rings. The lowest BCUT2D eigenvalue weighted by Crippen LogP contribution is -2.42. The molecule has 0 radical (unpaired) electrons. The van der Waals surface area contributed by atoms with Crippen LogP contribution in [0.15, 0.2) is 17.1 Å². The lowest BCUT2D eigenvalue weighted by Gasteiger charge is -2.30. The SMILES string of the molecule is CS(=O)(=O)N1CCC(Nc2ncc3cc(OC(F)F)c(=O)n(C4CCCC4)c3n2)CC1. The number of rotatable bonds is 6. The molecule has 170 valence electrons. The van der Waals surface area contributed by atoms with Crippen LogP contribution in [0.25, 0.3) is 11.0 Å². The van der Waals surface area contributed by atoms with Crippen LogP contribution in [0.4, 0.5) is 14.7 Å². The molecule has 0 bridgehead atoms. The molecule has 4 rings (SSSR count). The fourth-order valence-electron chi connectivity index (χ4n) is 4.36. The Morgan fingerprint density at radius 2 is 1.87 bits per heavy atom. The number of nitrogens with zero attached hydrogens (tertiary/aromatic N) is 4. The number of hydrogen-bond donors (Lipinski definition) is 1. The van der Waals surface area contributed by atoms with Crippen molar-refractivity contribution in [1.29, 1.82) is 0 Å². The van der Waals surface area contributed by atoms with Crippen molar-refractivity contribution in [2.24, 2.45) is 0 Å². The number of fused-ring (bicyclic) bond motifs is 1. The molecule has 0 spiro atoms. The van der Waals surface area contributed by atoms with Gasteiger partial charge in [0.15, 0.2) is 5.75 Å². The number of hydrogen-bond acceptors (Lipinski definition) is 7. The first-order chi connectivity index (χ1) is 14.7. The number of halogens is 2. The van der Waals surface area contributed by atoms with E-state index in [-0.39, 0.29) is 12.1 Å². The molecule has 0 unspecified atom stereocenters. The first kappa shape index (κ1) is 21.9. The van der Waals surface area contributed by atoms with Crippen LogP contribution in [0.2, 0.25) is 0 Å². The van der Waals surface area contributed by atoms with Gasteiger partial charge in [-0.05, 0) is 31.7 Å². The Hall–Kier alpha value is -2.34. The van der Waals surface area contributed by atoms with Crippen molar-refractivity contribution in [3.05, 3.63) is 22.6 Å². The zero-order chi connectivity index (χ0) is 22.2. The molecule has 2 fully saturated rings. The highest BCUT2D eigenvalue weighted by Crippen LogP contribution is 2.31. The van der Waals surface area contributed by atoms with E-state index in [0.717, 1.165) is 25.7 Å². The number of piperidine rings is 1. The zero-order valence-electron chi connectivity index (χ0n) is 17.1. The molecule has 12 heteroatoms. The van der Waals surface area contributed by atoms with Gasteiger partial charge in [0.1, 0.15) is 5.65 Å². The molecule has 9 nitrogen and oxygen atoms in total. The van der Waals surface area contributed by atoms with E-state index >= 15 is 0 Å². The third kappa shape index (κ3) is 4.79. The third-order valence-corrected chi connectivity index (χ3v) is 7.21. The van der Waals surface area contributed by atoms with Crippen molar-refractivity contribution in [1.82, 2.24) is 18.8 Å². The second-order valence-electron chi connectivity index (χ2n) is 8.05. The summed E-state index contributed by atoms with van der Waals surface area (Å²) in [4.78, 5) is 21.7. The number of sulfonamides is 1. The molecule has 1 saturated heterocycles. The summed E-state index contributed by atoms with van der Waals surface area (Å²) in [5, 5.41) is 3.66. The molecular weight excluding hydrogens is 432 g/mol. The Morgan fingerprint density at radius 3 is 2.48 bits per heavy atom. The van der Waals surface area contributed by atoms with Crippen molar-refractivity contribution in [3.63, 3.8) is 0 Å². The molecule has 0 amide bonds. The second-order valence-corrected chi connectivity index (χ2v) is 10.0. The fourth-order valence-corrected chi connectivity index (χ4v) is 5.23. The Morgan fingerprint density at radius 1 is 1.19 bits per heavy atom. The van der Waals surface area contributed by atoms with Crippen LogP contribution < -0.4 is 15.6 Å². The lowest BCUT2D eigenvalue weighted by atomic mass is 10.1. The highest BCUT2D eigenvalue weighted by Gasteiger charge is 2.27. The molecule has 0 aromatic carbocycles. The Bertz CT molecular complexity index is 1110. The van der Waals surface area contributed by atoms with Crippen molar-refractivity contribution in [3.8, 4) is 5.75 Å². The summed E-state index contributed by atoms with van der Waals surface area (Å²) in [6, 6.07) is 1.12. The minimum Gasteiger partial charge on any atom is -0.429 e. The van der Waals surface area contributed by atoms with Crippen molar-refractivity contribution >= 4 is 27.0 Å². The van der Waals surface area contributed by atoms with Crippen molar-refractivity contribution < 1.29 is 21.9 Å². The van der Waals surface area contributed by atoms with E-state index in [1.54, 1.807) is 0 Å². The van der Waals surface area contributed by atoms with Gasteiger partial charge in [0.05, 0.1) is 6.26 Å². The molecule has 3 heterocycles. The first-order valence-electron chi connectivity index (χ1n) is 10.3. The van der Waals surface area contributed by atoms with E-state index in [1.807, 2.05) is 0 Å². The van der Waals surface area contributed by atoms with Crippen LogP contribution in [0.5, 0.6) is 5.75 Å². The number of alkyl halides is 2. The molecule has 1 N–H and O–H groups in total. The molecule has 1 aliphatic heterocycles. The molecule has 0 atom stereocenters. The number of anilines is 1. The molecular formula is C19H25F2N5O4S. The molecule has 1 saturated carbocycles. The normalized spacial score (nSPS) is 19.4. The van der Waals surface area contributed by atoms with E-state index in [4.69, 9.17) is 0 Å². The van der Waals surface area contributed by atoms with Gasteiger partial charge >= 0.3 is 6.61 Å². The van der Waals surface area contributed by atoms with Gasteiger partial charge in [-0.25, -0.2) is 17.7 Å². The van der Waals surface area contributed by atoms with Gasteiger partial charge < -0.3 is 10.1 Å². The number of pyridine rings is 1. The monoisotopic (exact) mass is 457 g/mol. The van der Waals surface area contributed by atoms with Crippen LogP contribution in [0.1, 0.15) is 44.6 Å². The maximum absolute atomic E-state index is 12.9. The topological polar surface area (TPSA) is 106 Å². The highest BCUT2D eigenvalue weighted by atomic mass is 32.2. The Balaban J connectivity index is 1.63. The molecule has 2 aromatic heterocycles. The summed E-state index contributed by atoms with van der Waals surface area (Å²) in [6.45, 7) is -2.28. The van der Waals surface area contributed by atoms with E-state index in [9.17, 15) is 22.0 Å². The van der Waals surface area contributed by atoms with Crippen LogP contribution in [0, 0.1) is 0 Å². The number of aromatic nitrogens is 3. The van der Waals surface area contributed by atoms with Crippen molar-refractivity contribution in [2.75, 3.05) is 24.7 Å². The predicted molar refractivity (Wildman–Crippen MR) is 111 cm³/mol. The maximum Gasteiger partial charge on any atom is 0.387 e. The van der Waals surface area contributed by atoms with Gasteiger partial charge in [-0.15, -0.1) is 0 Å². The van der Waals surface area contributed by atoms with E-state index in [2.05, 4.69) is 20.0 Å². The van der Waals surface area contributed by atoms with Gasteiger partial charge in [0, 0.05) is 36.8 Å². The largest absolute Gasteiger partial charge is 0.429 e. The quantitative estimate of drug-likeness (QED) is 0.710. The summed E-state index contributed by atoms with van der Waals surface area (Å²) in [5.41, 5.74) is -0.240. The lowest BCUT2D eigenvalue weighted by molar-refractivity contribution is -0.0510. The molecule has 1 aliphatic carbocycles. The summed E-state index contributed by atoms with van der Waals surface area (Å²) in [6.07, 6.45) is 7.33. The summed E-state index contributed by atoms with van der Waals surface area (Å²) in [7, 11) is -3.21. The van der Waals surface area contributed by atoms with E-state index in [0.29, 0.717) is 42.9 Å².